The van der Waals surface area contributed by atoms with Crippen molar-refractivity contribution >= 4 is 33.2 Å². The zero-order chi connectivity index (χ0) is 23.1. The van der Waals surface area contributed by atoms with Gasteiger partial charge in [0.1, 0.15) is 6.54 Å². The summed E-state index contributed by atoms with van der Waals surface area (Å²) in [5.41, 5.74) is 3.34. The van der Waals surface area contributed by atoms with Gasteiger partial charge in [-0.2, -0.15) is 0 Å². The largest absolute Gasteiger partial charge is 0.355 e. The summed E-state index contributed by atoms with van der Waals surface area (Å²) in [5.74, 6) is -0.358. The van der Waals surface area contributed by atoms with Crippen molar-refractivity contribution in [2.75, 3.05) is 17.4 Å². The Balaban J connectivity index is 1.74. The molecule has 0 aromatic heterocycles. The third-order valence-corrected chi connectivity index (χ3v) is 7.17. The molecule has 0 aliphatic carbocycles. The number of nitrogens with zero attached hydrogens (tertiary/aromatic N) is 1. The van der Waals surface area contributed by atoms with Crippen molar-refractivity contribution in [2.24, 2.45) is 0 Å². The van der Waals surface area contributed by atoms with Crippen LogP contribution in [0.25, 0.3) is 0 Å². The molecule has 0 saturated carbocycles. The Kier molecular flexibility index (Phi) is 7.94. The van der Waals surface area contributed by atoms with E-state index in [2.05, 4.69) is 5.32 Å². The first kappa shape index (κ1) is 23.8. The van der Waals surface area contributed by atoms with Crippen LogP contribution >= 0.6 is 11.6 Å². The molecule has 0 spiro atoms. The smallest absolute Gasteiger partial charge is 0.264 e. The second kappa shape index (κ2) is 10.7. The van der Waals surface area contributed by atoms with Crippen molar-refractivity contribution in [3.63, 3.8) is 0 Å². The molecule has 3 aromatic rings. The minimum absolute atomic E-state index is 0.144. The molecule has 5 nitrogen and oxygen atoms in total. The summed E-state index contributed by atoms with van der Waals surface area (Å²) < 4.78 is 27.9. The third kappa shape index (κ3) is 6.11. The fourth-order valence-electron chi connectivity index (χ4n) is 3.52. The van der Waals surface area contributed by atoms with Gasteiger partial charge < -0.3 is 5.32 Å². The maximum atomic E-state index is 13.4. The molecule has 0 aliphatic heterocycles. The molecule has 0 heterocycles. The number of hydrogen-bond donors (Lipinski definition) is 1. The van der Waals surface area contributed by atoms with E-state index in [0.717, 1.165) is 23.1 Å². The van der Waals surface area contributed by atoms with Crippen LogP contribution in [0.2, 0.25) is 5.02 Å². The SMILES string of the molecule is Cc1cc(C)cc(N(CC(=O)NCCCc2ccccc2Cl)S(=O)(=O)c2ccccc2)c1. The highest BCUT2D eigenvalue weighted by atomic mass is 35.5. The van der Waals surface area contributed by atoms with Crippen molar-refractivity contribution in [3.05, 3.63) is 94.5 Å². The number of sulfonamides is 1. The molecule has 0 aliphatic rings. The number of benzene rings is 3. The van der Waals surface area contributed by atoms with Crippen LogP contribution in [-0.4, -0.2) is 27.4 Å². The third-order valence-electron chi connectivity index (χ3n) is 5.02. The molecule has 0 bridgehead atoms. The Hall–Kier alpha value is -2.83. The number of aryl methyl sites for hydroxylation is 3. The molecule has 0 unspecified atom stereocenters. The van der Waals surface area contributed by atoms with Crippen molar-refractivity contribution in [1.29, 1.82) is 0 Å². The highest BCUT2D eigenvalue weighted by Gasteiger charge is 2.27. The average Bonchev–Trinajstić information content (AvgIpc) is 2.76. The molecular weight excluding hydrogens is 444 g/mol. The van der Waals surface area contributed by atoms with Gasteiger partial charge in [0.2, 0.25) is 5.91 Å². The van der Waals surface area contributed by atoms with Gasteiger partial charge in [0.05, 0.1) is 10.6 Å². The summed E-state index contributed by atoms with van der Waals surface area (Å²) in [4.78, 5) is 12.9. The molecule has 3 rings (SSSR count). The van der Waals surface area contributed by atoms with Crippen molar-refractivity contribution in [2.45, 2.75) is 31.6 Å². The Labute approximate surface area is 195 Å². The molecule has 7 heteroatoms. The van der Waals surface area contributed by atoms with E-state index in [9.17, 15) is 13.2 Å². The van der Waals surface area contributed by atoms with Gasteiger partial charge in [-0.05, 0) is 73.7 Å². The van der Waals surface area contributed by atoms with E-state index in [0.29, 0.717) is 23.7 Å². The van der Waals surface area contributed by atoms with E-state index < -0.39 is 10.0 Å². The number of halogens is 1. The fourth-order valence-corrected chi connectivity index (χ4v) is 5.18. The van der Waals surface area contributed by atoms with Gasteiger partial charge in [-0.3, -0.25) is 9.10 Å². The lowest BCUT2D eigenvalue weighted by molar-refractivity contribution is -0.119. The number of nitrogens with one attached hydrogen (secondary N) is 1. The first-order chi connectivity index (χ1) is 15.3. The molecule has 0 fully saturated rings. The van der Waals surface area contributed by atoms with Crippen LogP contribution in [0.4, 0.5) is 5.69 Å². The van der Waals surface area contributed by atoms with Crippen molar-refractivity contribution in [3.8, 4) is 0 Å². The van der Waals surface area contributed by atoms with E-state index in [1.54, 1.807) is 30.3 Å². The van der Waals surface area contributed by atoms with Gasteiger partial charge in [0.15, 0.2) is 0 Å². The Morgan fingerprint density at radius 3 is 2.22 bits per heavy atom. The van der Waals surface area contributed by atoms with Crippen LogP contribution in [0.1, 0.15) is 23.1 Å². The normalized spacial score (nSPS) is 11.2. The van der Waals surface area contributed by atoms with Crippen molar-refractivity contribution < 1.29 is 13.2 Å². The minimum Gasteiger partial charge on any atom is -0.355 e. The molecule has 168 valence electrons. The summed E-state index contributed by atoms with van der Waals surface area (Å²) >= 11 is 6.18. The van der Waals surface area contributed by atoms with Gasteiger partial charge in [-0.15, -0.1) is 0 Å². The molecule has 3 aromatic carbocycles. The van der Waals surface area contributed by atoms with Gasteiger partial charge in [-0.1, -0.05) is 54.1 Å². The summed E-state index contributed by atoms with van der Waals surface area (Å²) in [6, 6.07) is 21.3. The van der Waals surface area contributed by atoms with E-state index in [1.807, 2.05) is 44.2 Å². The topological polar surface area (TPSA) is 66.5 Å². The number of carbonyl (C=O) groups excluding carboxylic acids is 1. The molecule has 0 atom stereocenters. The monoisotopic (exact) mass is 470 g/mol. The van der Waals surface area contributed by atoms with Gasteiger partial charge in [0, 0.05) is 11.6 Å². The Morgan fingerprint density at radius 1 is 0.938 bits per heavy atom. The van der Waals surface area contributed by atoms with Gasteiger partial charge in [-0.25, -0.2) is 8.42 Å². The van der Waals surface area contributed by atoms with Crippen LogP contribution in [0.5, 0.6) is 0 Å². The molecule has 1 N–H and O–H groups in total. The summed E-state index contributed by atoms with van der Waals surface area (Å²) in [6.45, 7) is 3.93. The molecule has 32 heavy (non-hydrogen) atoms. The predicted molar refractivity (Wildman–Crippen MR) is 130 cm³/mol. The summed E-state index contributed by atoms with van der Waals surface area (Å²) in [7, 11) is -3.91. The standard InChI is InChI=1S/C25H27ClN2O3S/c1-19-15-20(2)17-22(16-19)28(32(30,31)23-11-4-3-5-12-23)18-25(29)27-14-8-10-21-9-6-7-13-24(21)26/h3-7,9,11-13,15-17H,8,10,14,18H2,1-2H3,(H,27,29). The van der Waals surface area contributed by atoms with E-state index >= 15 is 0 Å². The first-order valence-electron chi connectivity index (χ1n) is 10.4. The lowest BCUT2D eigenvalue weighted by Crippen LogP contribution is -2.41. The van der Waals surface area contributed by atoms with Crippen molar-refractivity contribution in [1.82, 2.24) is 5.32 Å². The lowest BCUT2D eigenvalue weighted by atomic mass is 10.1. The zero-order valence-corrected chi connectivity index (χ0v) is 19.8. The first-order valence-corrected chi connectivity index (χ1v) is 12.3. The van der Waals surface area contributed by atoms with E-state index in [4.69, 9.17) is 11.6 Å². The zero-order valence-electron chi connectivity index (χ0n) is 18.2. The van der Waals surface area contributed by atoms with Crippen LogP contribution < -0.4 is 9.62 Å². The molecule has 0 radical (unpaired) electrons. The highest BCUT2D eigenvalue weighted by molar-refractivity contribution is 7.92. The predicted octanol–water partition coefficient (Wildman–Crippen LogP) is 4.90. The number of hydrogen-bond acceptors (Lipinski definition) is 3. The van der Waals surface area contributed by atoms with Crippen LogP contribution in [0.3, 0.4) is 0 Å². The second-order valence-corrected chi connectivity index (χ2v) is 9.99. The van der Waals surface area contributed by atoms with Crippen LogP contribution in [-0.2, 0) is 21.2 Å². The second-order valence-electron chi connectivity index (χ2n) is 7.72. The molecule has 1 amide bonds. The molecule has 0 saturated heterocycles. The highest BCUT2D eigenvalue weighted by Crippen LogP contribution is 2.25. The molecular formula is C25H27ClN2O3S. The summed E-state index contributed by atoms with van der Waals surface area (Å²) in [6.07, 6.45) is 1.42. The van der Waals surface area contributed by atoms with Gasteiger partial charge in [0.25, 0.3) is 10.0 Å². The quantitative estimate of drug-likeness (QED) is 0.452. The number of rotatable bonds is 9. The number of amides is 1. The van der Waals surface area contributed by atoms with Gasteiger partial charge >= 0.3 is 0 Å². The Bertz CT molecular complexity index is 1160. The van der Waals surface area contributed by atoms with Crippen LogP contribution in [0.15, 0.2) is 77.7 Å². The maximum absolute atomic E-state index is 13.4. The fraction of sp³-hybridized carbons (Fsp3) is 0.240. The minimum atomic E-state index is -3.91. The number of anilines is 1. The average molecular weight is 471 g/mol. The van der Waals surface area contributed by atoms with E-state index in [-0.39, 0.29) is 17.3 Å². The lowest BCUT2D eigenvalue weighted by Gasteiger charge is -2.25. The number of carbonyl (C=O) groups is 1. The van der Waals surface area contributed by atoms with Crippen LogP contribution in [0, 0.1) is 13.8 Å². The van der Waals surface area contributed by atoms with E-state index in [1.165, 1.54) is 16.4 Å². The maximum Gasteiger partial charge on any atom is 0.264 e. The Morgan fingerprint density at radius 2 is 1.56 bits per heavy atom. The summed E-state index contributed by atoms with van der Waals surface area (Å²) in [5, 5.41) is 3.54.